The molecular weight excluding hydrogens is 344 g/mol. The van der Waals surface area contributed by atoms with Crippen LogP contribution in [-0.4, -0.2) is 24.5 Å². The van der Waals surface area contributed by atoms with E-state index >= 15 is 0 Å². The molecule has 1 unspecified atom stereocenters. The van der Waals surface area contributed by atoms with Crippen molar-refractivity contribution in [1.29, 1.82) is 0 Å². The first kappa shape index (κ1) is 20.3. The number of hydrogen-bond donors (Lipinski definition) is 2. The summed E-state index contributed by atoms with van der Waals surface area (Å²) in [6, 6.07) is 11.2. The Hall–Kier alpha value is -3.02. The molecule has 0 spiro atoms. The summed E-state index contributed by atoms with van der Waals surface area (Å²) in [7, 11) is 0. The molecule has 0 aliphatic rings. The maximum atomic E-state index is 12.1. The van der Waals surface area contributed by atoms with Crippen LogP contribution in [0.1, 0.15) is 29.2 Å². The molecule has 0 aliphatic carbocycles. The molecule has 2 amide bonds. The molecule has 0 fully saturated rings. The van der Waals surface area contributed by atoms with E-state index < -0.39 is 17.9 Å². The maximum absolute atomic E-state index is 12.1. The van der Waals surface area contributed by atoms with Crippen LogP contribution in [0, 0.1) is 27.7 Å². The van der Waals surface area contributed by atoms with Crippen molar-refractivity contribution in [3.8, 4) is 11.5 Å². The third kappa shape index (κ3) is 6.02. The van der Waals surface area contributed by atoms with Gasteiger partial charge in [-0.05, 0) is 81.1 Å². The zero-order valence-corrected chi connectivity index (χ0v) is 16.4. The Morgan fingerprint density at radius 2 is 1.41 bits per heavy atom. The van der Waals surface area contributed by atoms with Gasteiger partial charge in [0.1, 0.15) is 11.5 Å². The van der Waals surface area contributed by atoms with Crippen LogP contribution in [0.25, 0.3) is 0 Å². The first-order valence-corrected chi connectivity index (χ1v) is 8.79. The number of rotatable bonds is 6. The minimum atomic E-state index is -0.756. The third-order valence-corrected chi connectivity index (χ3v) is 4.33. The van der Waals surface area contributed by atoms with Crippen LogP contribution in [0.2, 0.25) is 0 Å². The van der Waals surface area contributed by atoms with Crippen LogP contribution in [0.15, 0.2) is 36.4 Å². The third-order valence-electron chi connectivity index (χ3n) is 4.33. The molecular formula is C21H26N2O4. The van der Waals surface area contributed by atoms with Crippen LogP contribution < -0.4 is 20.3 Å². The molecule has 2 aromatic carbocycles. The highest BCUT2D eigenvalue weighted by Crippen LogP contribution is 2.18. The van der Waals surface area contributed by atoms with Crippen LogP contribution in [0.5, 0.6) is 11.5 Å². The summed E-state index contributed by atoms with van der Waals surface area (Å²) in [6.45, 7) is 9.37. The number of ether oxygens (including phenoxy) is 2. The number of carbonyl (C=O) groups excluding carboxylic acids is 2. The van der Waals surface area contributed by atoms with Gasteiger partial charge in [-0.25, -0.2) is 0 Å². The molecule has 6 nitrogen and oxygen atoms in total. The number of hydrazine groups is 1. The van der Waals surface area contributed by atoms with E-state index in [0.29, 0.717) is 11.5 Å². The summed E-state index contributed by atoms with van der Waals surface area (Å²) >= 11 is 0. The van der Waals surface area contributed by atoms with Gasteiger partial charge in [0, 0.05) is 0 Å². The lowest BCUT2D eigenvalue weighted by atomic mass is 10.1. The summed E-state index contributed by atoms with van der Waals surface area (Å²) < 4.78 is 11.0. The lowest BCUT2D eigenvalue weighted by Gasteiger charge is -2.16. The Morgan fingerprint density at radius 1 is 0.852 bits per heavy atom. The second kappa shape index (κ2) is 9.07. The molecule has 0 saturated carbocycles. The Kier molecular flexibility index (Phi) is 6.82. The molecule has 0 aliphatic heterocycles. The molecule has 6 heteroatoms. The van der Waals surface area contributed by atoms with Gasteiger partial charge >= 0.3 is 0 Å². The SMILES string of the molecule is Cc1ccc(OCC(=O)NNC(=O)C(C)Oc2ccc(C)c(C)c2)cc1C. The fraction of sp³-hybridized carbons (Fsp3) is 0.333. The first-order chi connectivity index (χ1) is 12.8. The van der Waals surface area contributed by atoms with Crippen molar-refractivity contribution >= 4 is 11.8 Å². The van der Waals surface area contributed by atoms with Gasteiger partial charge in [0.25, 0.3) is 11.8 Å². The molecule has 144 valence electrons. The number of nitrogens with one attached hydrogen (secondary N) is 2. The Morgan fingerprint density at radius 3 is 2.00 bits per heavy atom. The van der Waals surface area contributed by atoms with Gasteiger partial charge in [0.2, 0.25) is 0 Å². The molecule has 2 N–H and O–H groups in total. The van der Waals surface area contributed by atoms with E-state index in [4.69, 9.17) is 9.47 Å². The Labute approximate surface area is 159 Å². The minimum absolute atomic E-state index is 0.199. The van der Waals surface area contributed by atoms with Gasteiger partial charge in [-0.3, -0.25) is 20.4 Å². The van der Waals surface area contributed by atoms with Crippen molar-refractivity contribution in [2.75, 3.05) is 6.61 Å². The van der Waals surface area contributed by atoms with Crippen molar-refractivity contribution in [3.05, 3.63) is 58.7 Å². The van der Waals surface area contributed by atoms with E-state index in [-0.39, 0.29) is 6.61 Å². The molecule has 1 atom stereocenters. The number of benzene rings is 2. The quantitative estimate of drug-likeness (QED) is 0.767. The topological polar surface area (TPSA) is 76.7 Å². The van der Waals surface area contributed by atoms with Crippen LogP contribution >= 0.6 is 0 Å². The average Bonchev–Trinajstić information content (AvgIpc) is 2.63. The van der Waals surface area contributed by atoms with Crippen LogP contribution in [0.3, 0.4) is 0 Å². The van der Waals surface area contributed by atoms with E-state index in [1.54, 1.807) is 13.0 Å². The predicted molar refractivity (Wildman–Crippen MR) is 104 cm³/mol. The molecule has 0 heterocycles. The van der Waals surface area contributed by atoms with Gasteiger partial charge < -0.3 is 9.47 Å². The lowest BCUT2D eigenvalue weighted by molar-refractivity contribution is -0.133. The highest BCUT2D eigenvalue weighted by molar-refractivity contribution is 5.85. The van der Waals surface area contributed by atoms with Gasteiger partial charge in [-0.2, -0.15) is 0 Å². The zero-order chi connectivity index (χ0) is 20.0. The molecule has 2 rings (SSSR count). The molecule has 0 saturated heterocycles. The Bertz CT molecular complexity index is 833. The first-order valence-electron chi connectivity index (χ1n) is 8.79. The summed E-state index contributed by atoms with van der Waals surface area (Å²) in [5, 5.41) is 0. The number of aryl methyl sites for hydroxylation is 4. The fourth-order valence-electron chi connectivity index (χ4n) is 2.27. The van der Waals surface area contributed by atoms with Crippen molar-refractivity contribution in [2.24, 2.45) is 0 Å². The Balaban J connectivity index is 1.77. The predicted octanol–water partition coefficient (Wildman–Crippen LogP) is 2.91. The molecule has 0 radical (unpaired) electrons. The zero-order valence-electron chi connectivity index (χ0n) is 16.4. The summed E-state index contributed by atoms with van der Waals surface area (Å²) in [6.07, 6.45) is -0.756. The molecule has 2 aromatic rings. The second-order valence-corrected chi connectivity index (χ2v) is 6.58. The van der Waals surface area contributed by atoms with Crippen LogP contribution in [0.4, 0.5) is 0 Å². The van der Waals surface area contributed by atoms with Crippen molar-refractivity contribution < 1.29 is 19.1 Å². The highest BCUT2D eigenvalue weighted by atomic mass is 16.5. The summed E-state index contributed by atoms with van der Waals surface area (Å²) in [4.78, 5) is 23.9. The monoisotopic (exact) mass is 370 g/mol. The van der Waals surface area contributed by atoms with E-state index in [1.165, 1.54) is 0 Å². The van der Waals surface area contributed by atoms with E-state index in [2.05, 4.69) is 10.9 Å². The second-order valence-electron chi connectivity index (χ2n) is 6.58. The summed E-state index contributed by atoms with van der Waals surface area (Å²) in [5.74, 6) is 0.295. The number of hydrogen-bond acceptors (Lipinski definition) is 4. The van der Waals surface area contributed by atoms with Gasteiger partial charge in [0.15, 0.2) is 12.7 Å². The molecule has 0 bridgehead atoms. The normalized spacial score (nSPS) is 11.4. The smallest absolute Gasteiger partial charge is 0.279 e. The van der Waals surface area contributed by atoms with Crippen molar-refractivity contribution in [1.82, 2.24) is 10.9 Å². The maximum Gasteiger partial charge on any atom is 0.279 e. The average molecular weight is 370 g/mol. The standard InChI is InChI=1S/C21H26N2O4/c1-13-6-8-18(10-15(13)3)26-12-20(24)22-23-21(25)17(5)27-19-9-7-14(2)16(4)11-19/h6-11,17H,12H2,1-5H3,(H,22,24)(H,23,25). The van der Waals surface area contributed by atoms with Crippen LogP contribution in [-0.2, 0) is 9.59 Å². The number of carbonyl (C=O) groups is 2. The molecule has 27 heavy (non-hydrogen) atoms. The van der Waals surface area contributed by atoms with Gasteiger partial charge in [-0.15, -0.1) is 0 Å². The number of amides is 2. The largest absolute Gasteiger partial charge is 0.484 e. The lowest BCUT2D eigenvalue weighted by Crippen LogP contribution is -2.48. The highest BCUT2D eigenvalue weighted by Gasteiger charge is 2.16. The molecule has 0 aromatic heterocycles. The van der Waals surface area contributed by atoms with Gasteiger partial charge in [0.05, 0.1) is 0 Å². The minimum Gasteiger partial charge on any atom is -0.484 e. The van der Waals surface area contributed by atoms with E-state index in [9.17, 15) is 9.59 Å². The fourth-order valence-corrected chi connectivity index (χ4v) is 2.27. The summed E-state index contributed by atoms with van der Waals surface area (Å²) in [5.41, 5.74) is 9.12. The van der Waals surface area contributed by atoms with E-state index in [1.807, 2.05) is 58.0 Å². The van der Waals surface area contributed by atoms with E-state index in [0.717, 1.165) is 22.3 Å². The van der Waals surface area contributed by atoms with Crippen molar-refractivity contribution in [3.63, 3.8) is 0 Å². The van der Waals surface area contributed by atoms with Crippen molar-refractivity contribution in [2.45, 2.75) is 40.7 Å². The van der Waals surface area contributed by atoms with Gasteiger partial charge in [-0.1, -0.05) is 12.1 Å².